The lowest BCUT2D eigenvalue weighted by Crippen LogP contribution is -2.06. The molecule has 0 fully saturated rings. The number of rotatable bonds is 7. The van der Waals surface area contributed by atoms with Crippen LogP contribution < -0.4 is 4.74 Å². The molecule has 0 aliphatic rings. The quantitative estimate of drug-likeness (QED) is 0.550. The van der Waals surface area contributed by atoms with E-state index in [0.717, 1.165) is 23.3 Å². The van der Waals surface area contributed by atoms with Crippen molar-refractivity contribution in [3.8, 4) is 11.8 Å². The van der Waals surface area contributed by atoms with Gasteiger partial charge in [-0.3, -0.25) is 0 Å². The van der Waals surface area contributed by atoms with Crippen LogP contribution in [-0.2, 0) is 11.4 Å². The molecule has 0 aromatic heterocycles. The minimum atomic E-state index is 0.240. The van der Waals surface area contributed by atoms with Crippen LogP contribution >= 0.6 is 0 Å². The van der Waals surface area contributed by atoms with Crippen molar-refractivity contribution in [1.82, 2.24) is 0 Å². The molecule has 0 heterocycles. The van der Waals surface area contributed by atoms with Gasteiger partial charge in [0.25, 0.3) is 0 Å². The molecule has 0 spiro atoms. The summed E-state index contributed by atoms with van der Waals surface area (Å²) in [4.78, 5) is 4.74. The summed E-state index contributed by atoms with van der Waals surface area (Å²) in [5, 5.41) is 13.0. The van der Waals surface area contributed by atoms with Gasteiger partial charge in [-0.1, -0.05) is 55.4 Å². The Hall–Kier alpha value is -2.80. The van der Waals surface area contributed by atoms with Crippen LogP contribution in [0.1, 0.15) is 42.9 Å². The molecule has 0 bridgehead atoms. The van der Waals surface area contributed by atoms with Crippen molar-refractivity contribution in [2.75, 3.05) is 7.11 Å². The molecule has 0 radical (unpaired) electrons. The molecule has 1 unspecified atom stereocenters. The zero-order chi connectivity index (χ0) is 17.4. The first-order valence-corrected chi connectivity index (χ1v) is 8.01. The number of hydrogen-bond acceptors (Lipinski definition) is 4. The molecule has 24 heavy (non-hydrogen) atoms. The number of benzene rings is 2. The third-order valence-electron chi connectivity index (χ3n) is 4.02. The predicted octanol–water partition coefficient (Wildman–Crippen LogP) is 4.65. The van der Waals surface area contributed by atoms with E-state index in [-0.39, 0.29) is 5.71 Å². The van der Waals surface area contributed by atoms with Gasteiger partial charge >= 0.3 is 0 Å². The van der Waals surface area contributed by atoms with E-state index < -0.39 is 0 Å². The zero-order valence-electron chi connectivity index (χ0n) is 14.3. The summed E-state index contributed by atoms with van der Waals surface area (Å²) in [5.74, 6) is 1.35. The first-order valence-electron chi connectivity index (χ1n) is 8.01. The normalized spacial score (nSPS) is 12.3. The van der Waals surface area contributed by atoms with E-state index in [1.807, 2.05) is 36.4 Å². The standard InChI is InChI=1S/C20H22N2O2/c1-4-15(2)16-9-11-18(12-10-16)24-14-17-7-5-6-8-19(17)20(13-21)22-23-3/h5-12,15H,4,14H2,1-3H3. The lowest BCUT2D eigenvalue weighted by Gasteiger charge is -2.12. The highest BCUT2D eigenvalue weighted by molar-refractivity contribution is 6.12. The van der Waals surface area contributed by atoms with Gasteiger partial charge < -0.3 is 9.57 Å². The minimum absolute atomic E-state index is 0.240. The van der Waals surface area contributed by atoms with E-state index in [2.05, 4.69) is 37.2 Å². The van der Waals surface area contributed by atoms with Crippen LogP contribution in [0.2, 0.25) is 0 Å². The summed E-state index contributed by atoms with van der Waals surface area (Å²) >= 11 is 0. The van der Waals surface area contributed by atoms with E-state index in [4.69, 9.17) is 9.57 Å². The molecule has 0 amide bonds. The Morgan fingerprint density at radius 3 is 2.50 bits per heavy atom. The Balaban J connectivity index is 2.13. The number of oxime groups is 1. The number of hydrogen-bond donors (Lipinski definition) is 0. The second-order valence-electron chi connectivity index (χ2n) is 5.56. The minimum Gasteiger partial charge on any atom is -0.489 e. The highest BCUT2D eigenvalue weighted by Gasteiger charge is 2.10. The average Bonchev–Trinajstić information content (AvgIpc) is 2.64. The first kappa shape index (κ1) is 17.6. The molecule has 124 valence electrons. The van der Waals surface area contributed by atoms with Crippen molar-refractivity contribution in [2.45, 2.75) is 32.8 Å². The van der Waals surface area contributed by atoms with Gasteiger partial charge in [-0.05, 0) is 35.6 Å². The lowest BCUT2D eigenvalue weighted by atomic mass is 9.99. The third-order valence-corrected chi connectivity index (χ3v) is 4.02. The van der Waals surface area contributed by atoms with E-state index in [9.17, 15) is 5.26 Å². The van der Waals surface area contributed by atoms with Crippen LogP contribution in [0.3, 0.4) is 0 Å². The molecule has 2 rings (SSSR count). The Kier molecular flexibility index (Phi) is 6.39. The molecule has 0 saturated heterocycles. The summed E-state index contributed by atoms with van der Waals surface area (Å²) in [6, 6.07) is 17.8. The fourth-order valence-corrected chi connectivity index (χ4v) is 2.39. The Morgan fingerprint density at radius 1 is 1.17 bits per heavy atom. The fraction of sp³-hybridized carbons (Fsp3) is 0.300. The van der Waals surface area contributed by atoms with Gasteiger partial charge in [-0.15, -0.1) is 0 Å². The van der Waals surface area contributed by atoms with E-state index in [1.54, 1.807) is 0 Å². The van der Waals surface area contributed by atoms with Crippen LogP contribution in [0.25, 0.3) is 0 Å². The van der Waals surface area contributed by atoms with Crippen molar-refractivity contribution in [2.24, 2.45) is 5.16 Å². The predicted molar refractivity (Wildman–Crippen MR) is 95.1 cm³/mol. The largest absolute Gasteiger partial charge is 0.489 e. The maximum atomic E-state index is 9.22. The molecule has 0 aliphatic heterocycles. The summed E-state index contributed by atoms with van der Waals surface area (Å²) in [6.45, 7) is 4.76. The van der Waals surface area contributed by atoms with Crippen LogP contribution in [0.15, 0.2) is 53.7 Å². The zero-order valence-corrected chi connectivity index (χ0v) is 14.3. The fourth-order valence-electron chi connectivity index (χ4n) is 2.39. The van der Waals surface area contributed by atoms with Crippen molar-refractivity contribution in [3.05, 3.63) is 65.2 Å². The molecule has 4 nitrogen and oxygen atoms in total. The molecule has 1 atom stereocenters. The molecule has 0 aliphatic carbocycles. The van der Waals surface area contributed by atoms with Gasteiger partial charge in [0.2, 0.25) is 0 Å². The third kappa shape index (κ3) is 4.36. The van der Waals surface area contributed by atoms with Crippen LogP contribution in [0.5, 0.6) is 5.75 Å². The van der Waals surface area contributed by atoms with Crippen molar-refractivity contribution in [1.29, 1.82) is 5.26 Å². The van der Waals surface area contributed by atoms with E-state index in [1.165, 1.54) is 12.7 Å². The van der Waals surface area contributed by atoms with Gasteiger partial charge in [0.1, 0.15) is 25.5 Å². The lowest BCUT2D eigenvalue weighted by molar-refractivity contribution is 0.214. The topological polar surface area (TPSA) is 54.6 Å². The number of nitrogens with zero attached hydrogens (tertiary/aromatic N) is 2. The van der Waals surface area contributed by atoms with Crippen LogP contribution in [0, 0.1) is 11.3 Å². The highest BCUT2D eigenvalue weighted by atomic mass is 16.6. The molecule has 0 N–H and O–H groups in total. The molecule has 4 heteroatoms. The molecular formula is C20H22N2O2. The summed E-state index contributed by atoms with van der Waals surface area (Å²) in [5.41, 5.74) is 3.16. The van der Waals surface area contributed by atoms with Crippen LogP contribution in [0.4, 0.5) is 0 Å². The Labute approximate surface area is 143 Å². The average molecular weight is 322 g/mol. The molecule has 2 aromatic carbocycles. The summed E-state index contributed by atoms with van der Waals surface area (Å²) in [7, 11) is 1.43. The molecule has 0 saturated carbocycles. The van der Waals surface area contributed by atoms with Gasteiger partial charge in [0, 0.05) is 5.56 Å². The highest BCUT2D eigenvalue weighted by Crippen LogP contribution is 2.22. The van der Waals surface area contributed by atoms with Crippen molar-refractivity contribution >= 4 is 5.71 Å². The number of nitriles is 1. The molecular weight excluding hydrogens is 300 g/mol. The Bertz CT molecular complexity index is 730. The van der Waals surface area contributed by atoms with Crippen molar-refractivity contribution < 1.29 is 9.57 Å². The molecule has 2 aromatic rings. The summed E-state index contributed by atoms with van der Waals surface area (Å²) < 4.78 is 5.87. The van der Waals surface area contributed by atoms with E-state index in [0.29, 0.717) is 12.5 Å². The van der Waals surface area contributed by atoms with Gasteiger partial charge in [-0.25, -0.2) is 0 Å². The van der Waals surface area contributed by atoms with E-state index >= 15 is 0 Å². The maximum absolute atomic E-state index is 9.22. The smallest absolute Gasteiger partial charge is 0.187 e. The maximum Gasteiger partial charge on any atom is 0.187 e. The number of ether oxygens (including phenoxy) is 1. The van der Waals surface area contributed by atoms with Crippen molar-refractivity contribution in [3.63, 3.8) is 0 Å². The van der Waals surface area contributed by atoms with Gasteiger partial charge in [-0.2, -0.15) is 5.26 Å². The van der Waals surface area contributed by atoms with Gasteiger partial charge in [0.15, 0.2) is 5.71 Å². The first-order chi connectivity index (χ1) is 11.7. The second kappa shape index (κ2) is 8.73. The Morgan fingerprint density at radius 2 is 1.88 bits per heavy atom. The van der Waals surface area contributed by atoms with Gasteiger partial charge in [0.05, 0.1) is 0 Å². The van der Waals surface area contributed by atoms with Crippen LogP contribution in [-0.4, -0.2) is 12.8 Å². The second-order valence-corrected chi connectivity index (χ2v) is 5.56. The SMILES string of the molecule is CCC(C)c1ccc(OCc2ccccc2C(C#N)=NOC)cc1. The monoisotopic (exact) mass is 322 g/mol. The summed E-state index contributed by atoms with van der Waals surface area (Å²) in [6.07, 6.45) is 1.11.